The van der Waals surface area contributed by atoms with Gasteiger partial charge in [-0.05, 0) is 37.3 Å². The van der Waals surface area contributed by atoms with Crippen molar-refractivity contribution in [3.05, 3.63) is 65.2 Å². The van der Waals surface area contributed by atoms with Crippen molar-refractivity contribution in [2.75, 3.05) is 19.0 Å². The van der Waals surface area contributed by atoms with Gasteiger partial charge in [-0.3, -0.25) is 0 Å². The maximum Gasteiger partial charge on any atom is 0.340 e. The minimum Gasteiger partial charge on any atom is -0.465 e. The molecular weight excluding hydrogens is 366 g/mol. The molecule has 28 heavy (non-hydrogen) atoms. The summed E-state index contributed by atoms with van der Waals surface area (Å²) in [6.45, 7) is 2.50. The molecule has 0 aliphatic carbocycles. The molecule has 0 aromatic heterocycles. The first-order chi connectivity index (χ1) is 13.4. The van der Waals surface area contributed by atoms with Gasteiger partial charge in [0.25, 0.3) is 0 Å². The number of carbonyl (C=O) groups is 2. The Morgan fingerprint density at radius 2 is 1.89 bits per heavy atom. The summed E-state index contributed by atoms with van der Waals surface area (Å²) >= 11 is 0. The molecule has 1 aliphatic rings. The SMILES string of the molecule is COC(=O)c1cc(NC(=O)N2CCC(Cc3ccccc3)C2C)c(F)cc1F. The van der Waals surface area contributed by atoms with Crippen LogP contribution in [0.4, 0.5) is 19.3 Å². The molecule has 2 aromatic rings. The Morgan fingerprint density at radius 1 is 1.18 bits per heavy atom. The van der Waals surface area contributed by atoms with Crippen LogP contribution in [-0.4, -0.2) is 36.6 Å². The number of halogens is 2. The van der Waals surface area contributed by atoms with Crippen LogP contribution in [0, 0.1) is 17.6 Å². The number of methoxy groups -OCH3 is 1. The number of rotatable bonds is 4. The van der Waals surface area contributed by atoms with Gasteiger partial charge in [-0.1, -0.05) is 30.3 Å². The van der Waals surface area contributed by atoms with Crippen molar-refractivity contribution in [2.24, 2.45) is 5.92 Å². The standard InChI is InChI=1S/C21H22F2N2O3/c1-13-15(10-14-6-4-3-5-7-14)8-9-25(13)21(27)24-19-11-16(20(26)28-2)17(22)12-18(19)23/h3-7,11-13,15H,8-10H2,1-2H3,(H,24,27). The molecule has 3 rings (SSSR count). The molecular formula is C21H22F2N2O3. The first kappa shape index (κ1) is 19.8. The molecule has 7 heteroatoms. The second-order valence-electron chi connectivity index (χ2n) is 6.91. The van der Waals surface area contributed by atoms with Gasteiger partial charge in [-0.2, -0.15) is 0 Å². The van der Waals surface area contributed by atoms with Gasteiger partial charge in [0.05, 0.1) is 18.4 Å². The predicted molar refractivity (Wildman–Crippen MR) is 101 cm³/mol. The lowest BCUT2D eigenvalue weighted by molar-refractivity contribution is 0.0595. The van der Waals surface area contributed by atoms with Crippen LogP contribution in [0.2, 0.25) is 0 Å². The van der Waals surface area contributed by atoms with Gasteiger partial charge >= 0.3 is 12.0 Å². The Hall–Kier alpha value is -2.96. The fourth-order valence-corrected chi connectivity index (χ4v) is 3.58. The fraction of sp³-hybridized carbons (Fsp3) is 0.333. The van der Waals surface area contributed by atoms with E-state index in [9.17, 15) is 18.4 Å². The van der Waals surface area contributed by atoms with E-state index in [2.05, 4.69) is 22.2 Å². The molecule has 0 radical (unpaired) electrons. The molecule has 2 amide bonds. The summed E-state index contributed by atoms with van der Waals surface area (Å²) in [5.74, 6) is -2.65. The molecule has 1 saturated heterocycles. The number of nitrogens with zero attached hydrogens (tertiary/aromatic N) is 1. The number of hydrogen-bond acceptors (Lipinski definition) is 3. The van der Waals surface area contributed by atoms with Crippen molar-refractivity contribution in [1.82, 2.24) is 4.90 Å². The summed E-state index contributed by atoms with van der Waals surface area (Å²) in [4.78, 5) is 25.9. The highest BCUT2D eigenvalue weighted by atomic mass is 19.1. The summed E-state index contributed by atoms with van der Waals surface area (Å²) in [6.07, 6.45) is 1.69. The average Bonchev–Trinajstić information content (AvgIpc) is 3.04. The largest absolute Gasteiger partial charge is 0.465 e. The van der Waals surface area contributed by atoms with E-state index in [1.807, 2.05) is 25.1 Å². The van der Waals surface area contributed by atoms with Crippen LogP contribution in [0.3, 0.4) is 0 Å². The van der Waals surface area contributed by atoms with E-state index in [0.29, 0.717) is 12.6 Å². The lowest BCUT2D eigenvalue weighted by atomic mass is 9.93. The molecule has 1 heterocycles. The van der Waals surface area contributed by atoms with Crippen LogP contribution < -0.4 is 5.32 Å². The summed E-state index contributed by atoms with van der Waals surface area (Å²) in [6, 6.07) is 11.0. The molecule has 1 N–H and O–H groups in total. The number of esters is 1. The summed E-state index contributed by atoms with van der Waals surface area (Å²) in [5, 5.41) is 2.45. The van der Waals surface area contributed by atoms with Gasteiger partial charge in [-0.15, -0.1) is 0 Å². The average molecular weight is 388 g/mol. The van der Waals surface area contributed by atoms with Crippen LogP contribution >= 0.6 is 0 Å². The topological polar surface area (TPSA) is 58.6 Å². The Morgan fingerprint density at radius 3 is 2.57 bits per heavy atom. The molecule has 0 bridgehead atoms. The van der Waals surface area contributed by atoms with Crippen molar-refractivity contribution in [2.45, 2.75) is 25.8 Å². The van der Waals surface area contributed by atoms with E-state index in [4.69, 9.17) is 0 Å². The third-order valence-corrected chi connectivity index (χ3v) is 5.22. The van der Waals surface area contributed by atoms with Gasteiger partial charge in [-0.25, -0.2) is 18.4 Å². The van der Waals surface area contributed by atoms with Crippen molar-refractivity contribution < 1.29 is 23.1 Å². The van der Waals surface area contributed by atoms with Crippen molar-refractivity contribution in [3.8, 4) is 0 Å². The highest BCUT2D eigenvalue weighted by Gasteiger charge is 2.34. The summed E-state index contributed by atoms with van der Waals surface area (Å²) in [5.41, 5.74) is 0.509. The highest BCUT2D eigenvalue weighted by Crippen LogP contribution is 2.29. The number of anilines is 1. The highest BCUT2D eigenvalue weighted by molar-refractivity contribution is 5.94. The Labute approximate surface area is 162 Å². The van der Waals surface area contributed by atoms with Gasteiger partial charge in [0, 0.05) is 18.7 Å². The van der Waals surface area contributed by atoms with Gasteiger partial charge in [0.2, 0.25) is 0 Å². The quantitative estimate of drug-likeness (QED) is 0.797. The third kappa shape index (κ3) is 4.13. The second kappa shape index (κ2) is 8.37. The zero-order valence-electron chi connectivity index (χ0n) is 15.7. The van der Waals surface area contributed by atoms with Crippen LogP contribution in [-0.2, 0) is 11.2 Å². The molecule has 1 aliphatic heterocycles. The van der Waals surface area contributed by atoms with E-state index in [-0.39, 0.29) is 17.6 Å². The van der Waals surface area contributed by atoms with Crippen molar-refractivity contribution in [1.29, 1.82) is 0 Å². The maximum atomic E-state index is 14.1. The zero-order valence-corrected chi connectivity index (χ0v) is 15.7. The maximum absolute atomic E-state index is 14.1. The molecule has 2 atom stereocenters. The number of ether oxygens (including phenoxy) is 1. The van der Waals surface area contributed by atoms with Crippen LogP contribution in [0.15, 0.2) is 42.5 Å². The molecule has 2 unspecified atom stereocenters. The minimum atomic E-state index is -1.04. The number of nitrogens with one attached hydrogen (secondary N) is 1. The molecule has 0 spiro atoms. The fourth-order valence-electron chi connectivity index (χ4n) is 3.58. The number of benzene rings is 2. The lowest BCUT2D eigenvalue weighted by Gasteiger charge is -2.25. The summed E-state index contributed by atoms with van der Waals surface area (Å²) < 4.78 is 32.3. The van der Waals surface area contributed by atoms with Crippen LogP contribution in [0.25, 0.3) is 0 Å². The Kier molecular flexibility index (Phi) is 5.92. The number of hydrogen-bond donors (Lipinski definition) is 1. The van der Waals surface area contributed by atoms with Gasteiger partial charge in [0.1, 0.15) is 11.6 Å². The van der Waals surface area contributed by atoms with Gasteiger partial charge in [0.15, 0.2) is 0 Å². The van der Waals surface area contributed by atoms with Crippen molar-refractivity contribution >= 4 is 17.7 Å². The molecule has 148 valence electrons. The first-order valence-corrected chi connectivity index (χ1v) is 9.09. The monoisotopic (exact) mass is 388 g/mol. The van der Waals surface area contributed by atoms with Crippen LogP contribution in [0.5, 0.6) is 0 Å². The smallest absolute Gasteiger partial charge is 0.340 e. The minimum absolute atomic E-state index is 0.0382. The zero-order chi connectivity index (χ0) is 20.3. The molecule has 2 aromatic carbocycles. The number of urea groups is 1. The Bertz CT molecular complexity index is 873. The predicted octanol–water partition coefficient (Wildman–Crippen LogP) is 4.24. The summed E-state index contributed by atoms with van der Waals surface area (Å²) in [7, 11) is 1.10. The second-order valence-corrected chi connectivity index (χ2v) is 6.91. The molecule has 5 nitrogen and oxygen atoms in total. The number of amides is 2. The van der Waals surface area contributed by atoms with E-state index < -0.39 is 29.2 Å². The van der Waals surface area contributed by atoms with E-state index in [1.54, 1.807) is 4.90 Å². The van der Waals surface area contributed by atoms with Gasteiger partial charge < -0.3 is 15.0 Å². The lowest BCUT2D eigenvalue weighted by Crippen LogP contribution is -2.39. The normalized spacial score (nSPS) is 18.8. The molecule has 0 saturated carbocycles. The van der Waals surface area contributed by atoms with E-state index >= 15 is 0 Å². The van der Waals surface area contributed by atoms with E-state index in [1.165, 1.54) is 5.56 Å². The molecule has 1 fully saturated rings. The van der Waals surface area contributed by atoms with Crippen molar-refractivity contribution in [3.63, 3.8) is 0 Å². The number of carbonyl (C=O) groups excluding carboxylic acids is 2. The number of likely N-dealkylation sites (tertiary alicyclic amines) is 1. The van der Waals surface area contributed by atoms with Crippen LogP contribution in [0.1, 0.15) is 29.3 Å². The third-order valence-electron chi connectivity index (χ3n) is 5.22. The first-order valence-electron chi connectivity index (χ1n) is 9.09. The van der Waals surface area contributed by atoms with E-state index in [0.717, 1.165) is 26.0 Å². The Balaban J connectivity index is 1.70.